The molecular formula is C17H12BrClN4S. The van der Waals surface area contributed by atoms with Crippen LogP contribution >= 0.6 is 38.9 Å². The van der Waals surface area contributed by atoms with Crippen molar-refractivity contribution in [3.05, 3.63) is 68.7 Å². The van der Waals surface area contributed by atoms with Crippen LogP contribution in [-0.4, -0.2) is 14.4 Å². The highest BCUT2D eigenvalue weighted by atomic mass is 79.9. The molecule has 4 aromatic rings. The first-order chi connectivity index (χ1) is 11.7. The average molecular weight is 420 g/mol. The van der Waals surface area contributed by atoms with E-state index in [4.69, 9.17) is 16.6 Å². The van der Waals surface area contributed by atoms with Crippen LogP contribution in [0.15, 0.2) is 58.8 Å². The van der Waals surface area contributed by atoms with Gasteiger partial charge in [0.15, 0.2) is 11.5 Å². The molecule has 120 valence electrons. The lowest BCUT2D eigenvalue weighted by Crippen LogP contribution is -2.04. The van der Waals surface area contributed by atoms with Crippen LogP contribution in [0.1, 0.15) is 4.88 Å². The monoisotopic (exact) mass is 418 g/mol. The number of fused-ring (bicyclic) bond motifs is 1. The largest absolute Gasteiger partial charge is 0.362 e. The molecule has 0 aliphatic rings. The summed E-state index contributed by atoms with van der Waals surface area (Å²) in [4.78, 5) is 10.4. The molecule has 3 heterocycles. The first-order valence-corrected chi connectivity index (χ1v) is 9.32. The van der Waals surface area contributed by atoms with Crippen molar-refractivity contribution >= 4 is 50.3 Å². The maximum Gasteiger partial charge on any atom is 0.181 e. The Balaban J connectivity index is 1.81. The maximum absolute atomic E-state index is 6.34. The Morgan fingerprint density at radius 1 is 1.21 bits per heavy atom. The van der Waals surface area contributed by atoms with Crippen LogP contribution in [-0.2, 0) is 6.54 Å². The lowest BCUT2D eigenvalue weighted by molar-refractivity contribution is 1.07. The third kappa shape index (κ3) is 2.92. The standard InChI is InChI=1S/C17H12BrClN4S/c18-15-9-21-17-16(20-8-11-4-3-7-24-11)22-14(10-23(15)17)12-5-1-2-6-13(12)19/h1-7,9-10H,8H2,(H,20,22). The summed E-state index contributed by atoms with van der Waals surface area (Å²) in [5, 5.41) is 6.12. The van der Waals surface area contributed by atoms with Gasteiger partial charge >= 0.3 is 0 Å². The molecule has 0 unspecified atom stereocenters. The highest BCUT2D eigenvalue weighted by molar-refractivity contribution is 9.10. The normalized spacial score (nSPS) is 11.1. The highest BCUT2D eigenvalue weighted by Gasteiger charge is 2.13. The fraction of sp³-hybridized carbons (Fsp3) is 0.0588. The van der Waals surface area contributed by atoms with Gasteiger partial charge in [-0.25, -0.2) is 9.97 Å². The van der Waals surface area contributed by atoms with Gasteiger partial charge in [-0.05, 0) is 33.4 Å². The van der Waals surface area contributed by atoms with Gasteiger partial charge < -0.3 is 5.32 Å². The number of thiophene rings is 1. The van der Waals surface area contributed by atoms with Gasteiger partial charge in [-0.3, -0.25) is 4.40 Å². The number of nitrogens with zero attached hydrogens (tertiary/aromatic N) is 3. The van der Waals surface area contributed by atoms with E-state index < -0.39 is 0 Å². The van der Waals surface area contributed by atoms with Crippen LogP contribution in [0.4, 0.5) is 5.82 Å². The first-order valence-electron chi connectivity index (χ1n) is 7.27. The van der Waals surface area contributed by atoms with Gasteiger partial charge in [0.25, 0.3) is 0 Å². The second kappa shape index (κ2) is 6.55. The van der Waals surface area contributed by atoms with E-state index in [1.807, 2.05) is 40.9 Å². The highest BCUT2D eigenvalue weighted by Crippen LogP contribution is 2.29. The van der Waals surface area contributed by atoms with Gasteiger partial charge in [-0.1, -0.05) is 35.9 Å². The fourth-order valence-corrected chi connectivity index (χ4v) is 3.71. The summed E-state index contributed by atoms with van der Waals surface area (Å²) in [6, 6.07) is 11.8. The molecule has 0 aliphatic carbocycles. The van der Waals surface area contributed by atoms with Crippen LogP contribution in [0.5, 0.6) is 0 Å². The number of halogens is 2. The molecule has 4 rings (SSSR count). The van der Waals surface area contributed by atoms with Gasteiger partial charge in [-0.15, -0.1) is 11.3 Å². The van der Waals surface area contributed by atoms with Crippen molar-refractivity contribution < 1.29 is 0 Å². The minimum atomic E-state index is 0.671. The second-order valence-electron chi connectivity index (χ2n) is 5.16. The Morgan fingerprint density at radius 3 is 2.88 bits per heavy atom. The second-order valence-corrected chi connectivity index (χ2v) is 7.41. The van der Waals surface area contributed by atoms with E-state index in [9.17, 15) is 0 Å². The van der Waals surface area contributed by atoms with Crippen molar-refractivity contribution in [2.45, 2.75) is 6.54 Å². The third-order valence-electron chi connectivity index (χ3n) is 3.61. The Hall–Kier alpha value is -1.89. The van der Waals surface area contributed by atoms with Crippen molar-refractivity contribution in [2.75, 3.05) is 5.32 Å². The molecule has 0 radical (unpaired) electrons. The molecular weight excluding hydrogens is 408 g/mol. The first kappa shape index (κ1) is 15.6. The summed E-state index contributed by atoms with van der Waals surface area (Å²) in [7, 11) is 0. The summed E-state index contributed by atoms with van der Waals surface area (Å²) >= 11 is 11.6. The number of nitrogens with one attached hydrogen (secondary N) is 1. The fourth-order valence-electron chi connectivity index (χ4n) is 2.46. The zero-order valence-corrected chi connectivity index (χ0v) is 15.6. The molecule has 0 saturated carbocycles. The van der Waals surface area contributed by atoms with Crippen LogP contribution in [0.3, 0.4) is 0 Å². The van der Waals surface area contributed by atoms with Crippen LogP contribution in [0.2, 0.25) is 5.02 Å². The number of aromatic nitrogens is 3. The van der Waals surface area contributed by atoms with Crippen molar-refractivity contribution in [2.24, 2.45) is 0 Å². The zero-order chi connectivity index (χ0) is 16.5. The Morgan fingerprint density at radius 2 is 2.08 bits per heavy atom. The minimum absolute atomic E-state index is 0.671. The molecule has 0 aliphatic heterocycles. The summed E-state index contributed by atoms with van der Waals surface area (Å²) in [6.45, 7) is 0.705. The van der Waals surface area contributed by atoms with Crippen molar-refractivity contribution in [3.8, 4) is 11.3 Å². The maximum atomic E-state index is 6.34. The van der Waals surface area contributed by atoms with Gasteiger partial charge in [-0.2, -0.15) is 0 Å². The molecule has 1 N–H and O–H groups in total. The summed E-state index contributed by atoms with van der Waals surface area (Å²) in [5.74, 6) is 0.728. The van der Waals surface area contributed by atoms with Crippen LogP contribution in [0, 0.1) is 0 Å². The molecule has 0 spiro atoms. The van der Waals surface area contributed by atoms with E-state index in [1.54, 1.807) is 17.5 Å². The lowest BCUT2D eigenvalue weighted by Gasteiger charge is -2.10. The Kier molecular flexibility index (Phi) is 4.26. The van der Waals surface area contributed by atoms with Gasteiger partial charge in [0.2, 0.25) is 0 Å². The molecule has 7 heteroatoms. The molecule has 0 atom stereocenters. The molecule has 24 heavy (non-hydrogen) atoms. The van der Waals surface area contributed by atoms with E-state index in [0.717, 1.165) is 27.3 Å². The van der Waals surface area contributed by atoms with Crippen LogP contribution in [0.25, 0.3) is 16.9 Å². The minimum Gasteiger partial charge on any atom is -0.362 e. The summed E-state index contributed by atoms with van der Waals surface area (Å²) < 4.78 is 2.83. The molecule has 1 aromatic carbocycles. The van der Waals surface area contributed by atoms with E-state index in [0.29, 0.717) is 11.6 Å². The predicted molar refractivity (Wildman–Crippen MR) is 103 cm³/mol. The number of hydrogen-bond acceptors (Lipinski definition) is 4. The zero-order valence-electron chi connectivity index (χ0n) is 12.4. The SMILES string of the molecule is Clc1ccccc1-c1cn2c(Br)cnc2c(NCc2cccs2)n1. The Bertz CT molecular complexity index is 997. The molecule has 3 aromatic heterocycles. The lowest BCUT2D eigenvalue weighted by atomic mass is 10.1. The Labute approximate surface area is 156 Å². The molecule has 4 nitrogen and oxygen atoms in total. The van der Waals surface area contributed by atoms with Crippen molar-refractivity contribution in [1.29, 1.82) is 0 Å². The smallest absolute Gasteiger partial charge is 0.181 e. The number of benzene rings is 1. The van der Waals surface area contributed by atoms with Gasteiger partial charge in [0.1, 0.15) is 4.60 Å². The number of rotatable bonds is 4. The predicted octanol–water partition coefficient (Wildman–Crippen LogP) is 5.49. The average Bonchev–Trinajstić information content (AvgIpc) is 3.23. The number of imidazole rings is 1. The molecule has 0 amide bonds. The summed E-state index contributed by atoms with van der Waals surface area (Å²) in [5.41, 5.74) is 2.45. The van der Waals surface area contributed by atoms with E-state index >= 15 is 0 Å². The van der Waals surface area contributed by atoms with Gasteiger partial charge in [0.05, 0.1) is 23.5 Å². The van der Waals surface area contributed by atoms with Crippen molar-refractivity contribution in [1.82, 2.24) is 14.4 Å². The molecule has 0 saturated heterocycles. The van der Waals surface area contributed by atoms with Crippen molar-refractivity contribution in [3.63, 3.8) is 0 Å². The summed E-state index contributed by atoms with van der Waals surface area (Å²) in [6.07, 6.45) is 3.70. The number of anilines is 1. The molecule has 0 fully saturated rings. The van der Waals surface area contributed by atoms with Gasteiger partial charge in [0, 0.05) is 16.6 Å². The third-order valence-corrected chi connectivity index (χ3v) is 5.40. The van der Waals surface area contributed by atoms with Crippen LogP contribution < -0.4 is 5.32 Å². The van der Waals surface area contributed by atoms with E-state index in [-0.39, 0.29) is 0 Å². The topological polar surface area (TPSA) is 42.2 Å². The number of hydrogen-bond donors (Lipinski definition) is 1. The quantitative estimate of drug-likeness (QED) is 0.476. The van der Waals surface area contributed by atoms with E-state index in [2.05, 4.69) is 37.7 Å². The van der Waals surface area contributed by atoms with E-state index in [1.165, 1.54) is 4.88 Å². The molecule has 0 bridgehead atoms.